The summed E-state index contributed by atoms with van der Waals surface area (Å²) >= 11 is 0. The van der Waals surface area contributed by atoms with Crippen LogP contribution in [-0.4, -0.2) is 54.0 Å². The molecule has 0 N–H and O–H groups in total. The Bertz CT molecular complexity index is 40.3. The Labute approximate surface area is 120 Å². The summed E-state index contributed by atoms with van der Waals surface area (Å²) in [6, 6.07) is 0. The molecule has 0 radical (unpaired) electrons. The molecule has 0 aromatic carbocycles. The first-order valence-corrected chi connectivity index (χ1v) is 0.548. The molecule has 0 atom stereocenters. The third kappa shape index (κ3) is 32.3. The summed E-state index contributed by atoms with van der Waals surface area (Å²) in [5.74, 6) is 0. The van der Waals surface area contributed by atoms with Crippen molar-refractivity contribution in [2.45, 2.75) is 0 Å². The fourth-order valence-electron chi connectivity index (χ4n) is 0. The van der Waals surface area contributed by atoms with Crippen LogP contribution in [0.2, 0.25) is 0 Å². The summed E-state index contributed by atoms with van der Waals surface area (Å²) in [7, 11) is 0. The summed E-state index contributed by atoms with van der Waals surface area (Å²) in [6.45, 7) is 0. The molecule has 0 aliphatic heterocycles. The van der Waals surface area contributed by atoms with E-state index in [0.29, 0.717) is 0 Å². The average Bonchev–Trinajstić information content (AvgIpc) is 0.811. The van der Waals surface area contributed by atoms with E-state index in [0.717, 1.165) is 0 Å². The van der Waals surface area contributed by atoms with E-state index in [1.165, 1.54) is 0 Å². The molecule has 4 nitrogen and oxygen atoms in total. The largest absolute Gasteiger partial charge is 2.00 e. The summed E-state index contributed by atoms with van der Waals surface area (Å²) in [5, 5.41) is 14.8. The molecule has 0 saturated carbocycles. The Morgan fingerprint density at radius 3 is 1.50 bits per heavy atom. The van der Waals surface area contributed by atoms with Gasteiger partial charge in [-0.05, 0) is 0 Å². The van der Waals surface area contributed by atoms with Crippen LogP contribution in [0.3, 0.4) is 0 Å². The molecule has 0 rings (SSSR count). The summed E-state index contributed by atoms with van der Waals surface area (Å²) < 4.78 is 0. The SMILES string of the molecule is O=[N+]([O-])[O-].[Ba+2].[H-].[H-].[K+]. The van der Waals surface area contributed by atoms with Crippen molar-refractivity contribution in [2.24, 2.45) is 0 Å². The van der Waals surface area contributed by atoms with Gasteiger partial charge in [-0.15, -0.1) is 0 Å². The van der Waals surface area contributed by atoms with E-state index in [1.807, 2.05) is 0 Å². The van der Waals surface area contributed by atoms with E-state index in [1.54, 1.807) is 0 Å². The third-order valence-electron chi connectivity index (χ3n) is 0. The Morgan fingerprint density at radius 1 is 1.50 bits per heavy atom. The second-order valence-corrected chi connectivity index (χ2v) is 0.224. The van der Waals surface area contributed by atoms with Gasteiger partial charge in [0.1, 0.15) is 0 Å². The van der Waals surface area contributed by atoms with Crippen molar-refractivity contribution >= 4 is 48.9 Å². The number of nitrogens with zero attached hydrogens (tertiary/aromatic N) is 1. The first-order chi connectivity index (χ1) is 1.73. The van der Waals surface area contributed by atoms with E-state index in [-0.39, 0.29) is 103 Å². The van der Waals surface area contributed by atoms with E-state index < -0.39 is 5.09 Å². The van der Waals surface area contributed by atoms with Crippen LogP contribution in [0, 0.1) is 15.3 Å². The zero-order chi connectivity index (χ0) is 3.58. The predicted molar refractivity (Wildman–Crippen MR) is 18.3 cm³/mol. The second kappa shape index (κ2) is 10.4. The van der Waals surface area contributed by atoms with Gasteiger partial charge in [-0.2, -0.15) is 0 Å². The van der Waals surface area contributed by atoms with Gasteiger partial charge >= 0.3 is 100 Å². The molecular weight excluding hydrogens is 238 g/mol. The van der Waals surface area contributed by atoms with Gasteiger partial charge in [0.05, 0.1) is 5.09 Å². The maximum Gasteiger partial charge on any atom is 2.00 e. The Hall–Kier alpha value is 2.41. The Morgan fingerprint density at radius 2 is 1.50 bits per heavy atom. The van der Waals surface area contributed by atoms with Crippen molar-refractivity contribution in [2.75, 3.05) is 0 Å². The van der Waals surface area contributed by atoms with E-state index >= 15 is 0 Å². The average molecular weight is 240 g/mol. The summed E-state index contributed by atoms with van der Waals surface area (Å²) in [6.07, 6.45) is 0. The molecule has 0 amide bonds. The molecule has 0 bridgehead atoms. The molecule has 0 heterocycles. The molecule has 0 fully saturated rings. The van der Waals surface area contributed by atoms with Gasteiger partial charge < -0.3 is 18.2 Å². The maximum atomic E-state index is 8.25. The molecule has 6 heavy (non-hydrogen) atoms. The molecule has 0 aromatic heterocycles. The molecule has 0 spiro atoms. The number of hydrogen-bond donors (Lipinski definition) is 0. The molecule has 6 heteroatoms. The first kappa shape index (κ1) is 15.8. The minimum atomic E-state index is -1.75. The van der Waals surface area contributed by atoms with Gasteiger partial charge in [0.2, 0.25) is 0 Å². The molecule has 0 aliphatic rings. The smallest absolute Gasteiger partial charge is 1.00 e. The van der Waals surface area contributed by atoms with Crippen LogP contribution in [0.4, 0.5) is 0 Å². The Balaban J connectivity index is -0.00000000750. The van der Waals surface area contributed by atoms with Crippen molar-refractivity contribution in [1.29, 1.82) is 0 Å². The monoisotopic (exact) mass is 241 g/mol. The minimum absolute atomic E-state index is 0. The minimum Gasteiger partial charge on any atom is -1.00 e. The van der Waals surface area contributed by atoms with Gasteiger partial charge in [0.25, 0.3) is 0 Å². The van der Waals surface area contributed by atoms with Gasteiger partial charge in [0.15, 0.2) is 0 Å². The molecule has 0 saturated heterocycles. The number of hydrogen-bond acceptors (Lipinski definition) is 3. The van der Waals surface area contributed by atoms with Crippen LogP contribution in [-0.2, 0) is 0 Å². The topological polar surface area (TPSA) is 66.2 Å². The zero-order valence-corrected chi connectivity index (χ0v) is 10.9. The number of rotatable bonds is 0. The van der Waals surface area contributed by atoms with Crippen LogP contribution in [0.15, 0.2) is 0 Å². The predicted octanol–water partition coefficient (Wildman–Crippen LogP) is -3.39. The molecule has 0 aliphatic carbocycles. The van der Waals surface area contributed by atoms with Gasteiger partial charge in [0, 0.05) is 0 Å². The van der Waals surface area contributed by atoms with Crippen molar-refractivity contribution in [3.8, 4) is 0 Å². The fraction of sp³-hybridized carbons (Fsp3) is 0. The molecule has 0 aromatic rings. The Kier molecular flexibility index (Phi) is 27.3. The second-order valence-electron chi connectivity index (χ2n) is 0.224. The summed E-state index contributed by atoms with van der Waals surface area (Å²) in [4.78, 5) is 8.25. The van der Waals surface area contributed by atoms with E-state index in [9.17, 15) is 0 Å². The maximum absolute atomic E-state index is 8.25. The van der Waals surface area contributed by atoms with Crippen LogP contribution < -0.4 is 51.4 Å². The first-order valence-electron chi connectivity index (χ1n) is 0.548. The standard InChI is InChI=1S/Ba.K.NO3.2H/c;;2-1(3)4;;/q+2;+1;3*-1. The van der Waals surface area contributed by atoms with Crippen molar-refractivity contribution in [3.05, 3.63) is 15.3 Å². The van der Waals surface area contributed by atoms with Crippen LogP contribution in [0.1, 0.15) is 2.85 Å². The van der Waals surface area contributed by atoms with Crippen molar-refractivity contribution in [1.82, 2.24) is 0 Å². The van der Waals surface area contributed by atoms with Gasteiger partial charge in [-0.3, -0.25) is 0 Å². The quantitative estimate of drug-likeness (QED) is 0.252. The summed E-state index contributed by atoms with van der Waals surface area (Å²) in [5.41, 5.74) is 0. The van der Waals surface area contributed by atoms with E-state index in [4.69, 9.17) is 15.3 Å². The molecule has 28 valence electrons. The van der Waals surface area contributed by atoms with Gasteiger partial charge in [-0.1, -0.05) is 0 Å². The molecular formula is H2BaKNO3. The van der Waals surface area contributed by atoms with Crippen molar-refractivity contribution < 1.29 is 59.3 Å². The van der Waals surface area contributed by atoms with Crippen LogP contribution in [0.5, 0.6) is 0 Å². The fourth-order valence-corrected chi connectivity index (χ4v) is 0. The van der Waals surface area contributed by atoms with Crippen molar-refractivity contribution in [3.63, 3.8) is 0 Å². The van der Waals surface area contributed by atoms with Crippen LogP contribution in [0.25, 0.3) is 0 Å². The van der Waals surface area contributed by atoms with Gasteiger partial charge in [-0.25, -0.2) is 0 Å². The van der Waals surface area contributed by atoms with E-state index in [2.05, 4.69) is 0 Å². The zero-order valence-electron chi connectivity index (χ0n) is 5.38. The van der Waals surface area contributed by atoms with Crippen LogP contribution >= 0.6 is 0 Å². The normalized spacial score (nSPS) is 4.00. The third-order valence-corrected chi connectivity index (χ3v) is 0. The molecule has 0 unspecified atom stereocenters.